The van der Waals surface area contributed by atoms with Crippen LogP contribution in [0.1, 0.15) is 12.6 Å². The Hall–Kier alpha value is -2.89. The number of anilines is 2. The molecular formula is C16H18N4O2. The number of carbonyl (C=O) groups excluding carboxylic acids is 2. The summed E-state index contributed by atoms with van der Waals surface area (Å²) in [7, 11) is 0. The molecule has 1 heterocycles. The fourth-order valence-electron chi connectivity index (χ4n) is 1.85. The highest BCUT2D eigenvalue weighted by Crippen LogP contribution is 2.14. The highest BCUT2D eigenvalue weighted by molar-refractivity contribution is 5.89. The molecule has 0 atom stereocenters. The van der Waals surface area contributed by atoms with Crippen molar-refractivity contribution >= 4 is 23.2 Å². The Morgan fingerprint density at radius 2 is 1.91 bits per heavy atom. The van der Waals surface area contributed by atoms with Gasteiger partial charge in [-0.25, -0.2) is 0 Å². The molecule has 1 aromatic heterocycles. The van der Waals surface area contributed by atoms with Gasteiger partial charge in [-0.15, -0.1) is 0 Å². The van der Waals surface area contributed by atoms with Gasteiger partial charge < -0.3 is 16.0 Å². The van der Waals surface area contributed by atoms with Crippen LogP contribution in [0.3, 0.4) is 0 Å². The molecule has 0 bridgehead atoms. The molecule has 0 aliphatic heterocycles. The normalized spacial score (nSPS) is 9.86. The fraction of sp³-hybridized carbons (Fsp3) is 0.188. The van der Waals surface area contributed by atoms with Gasteiger partial charge >= 0.3 is 0 Å². The highest BCUT2D eigenvalue weighted by atomic mass is 16.2. The van der Waals surface area contributed by atoms with Crippen molar-refractivity contribution in [3.8, 4) is 0 Å². The summed E-state index contributed by atoms with van der Waals surface area (Å²) >= 11 is 0. The Morgan fingerprint density at radius 3 is 2.64 bits per heavy atom. The van der Waals surface area contributed by atoms with E-state index < -0.39 is 0 Å². The van der Waals surface area contributed by atoms with E-state index in [1.165, 1.54) is 6.92 Å². The minimum atomic E-state index is -0.134. The van der Waals surface area contributed by atoms with E-state index in [0.717, 1.165) is 11.4 Å². The molecule has 1 aromatic carbocycles. The summed E-state index contributed by atoms with van der Waals surface area (Å²) in [4.78, 5) is 26.9. The number of pyridine rings is 1. The van der Waals surface area contributed by atoms with Gasteiger partial charge in [-0.1, -0.05) is 12.1 Å². The average Bonchev–Trinajstić information content (AvgIpc) is 2.52. The molecule has 0 saturated carbocycles. The summed E-state index contributed by atoms with van der Waals surface area (Å²) in [6.07, 6.45) is 1.69. The van der Waals surface area contributed by atoms with Crippen LogP contribution in [0, 0.1) is 0 Å². The second-order valence-corrected chi connectivity index (χ2v) is 4.71. The lowest BCUT2D eigenvalue weighted by Gasteiger charge is -2.09. The molecule has 114 valence electrons. The predicted octanol–water partition coefficient (Wildman–Crippen LogP) is 1.77. The Morgan fingerprint density at radius 1 is 1.09 bits per heavy atom. The van der Waals surface area contributed by atoms with Crippen molar-refractivity contribution in [3.63, 3.8) is 0 Å². The van der Waals surface area contributed by atoms with Crippen LogP contribution in [0.25, 0.3) is 0 Å². The smallest absolute Gasteiger partial charge is 0.239 e. The van der Waals surface area contributed by atoms with Gasteiger partial charge in [0.2, 0.25) is 11.8 Å². The Labute approximate surface area is 129 Å². The number of rotatable bonds is 6. The lowest BCUT2D eigenvalue weighted by molar-refractivity contribution is -0.119. The van der Waals surface area contributed by atoms with Crippen LogP contribution < -0.4 is 16.0 Å². The Balaban J connectivity index is 1.79. The molecular weight excluding hydrogens is 280 g/mol. The molecule has 2 amide bonds. The SMILES string of the molecule is CC(=O)Nc1cccc(NCC(=O)NCc2ccccn2)c1. The number of nitrogens with one attached hydrogen (secondary N) is 3. The van der Waals surface area contributed by atoms with Crippen LogP contribution >= 0.6 is 0 Å². The summed E-state index contributed by atoms with van der Waals surface area (Å²) in [5.41, 5.74) is 2.26. The summed E-state index contributed by atoms with van der Waals surface area (Å²) in [6, 6.07) is 12.7. The first kappa shape index (κ1) is 15.5. The molecule has 0 aliphatic carbocycles. The highest BCUT2D eigenvalue weighted by Gasteiger charge is 2.03. The van der Waals surface area contributed by atoms with Crippen molar-refractivity contribution in [2.75, 3.05) is 17.2 Å². The maximum Gasteiger partial charge on any atom is 0.239 e. The zero-order chi connectivity index (χ0) is 15.8. The third-order valence-electron chi connectivity index (χ3n) is 2.83. The maximum absolute atomic E-state index is 11.8. The number of benzene rings is 1. The first-order chi connectivity index (χ1) is 10.6. The van der Waals surface area contributed by atoms with Gasteiger partial charge in [-0.2, -0.15) is 0 Å². The van der Waals surface area contributed by atoms with Crippen molar-refractivity contribution < 1.29 is 9.59 Å². The maximum atomic E-state index is 11.8. The van der Waals surface area contributed by atoms with Gasteiger partial charge in [0.05, 0.1) is 18.8 Å². The molecule has 0 saturated heterocycles. The van der Waals surface area contributed by atoms with Gasteiger partial charge in [0.25, 0.3) is 0 Å². The van der Waals surface area contributed by atoms with Gasteiger partial charge in [-0.3, -0.25) is 14.6 Å². The molecule has 6 nitrogen and oxygen atoms in total. The standard InChI is InChI=1S/C16H18N4O2/c1-12(21)20-14-7-4-6-13(9-14)18-11-16(22)19-10-15-5-2-3-8-17-15/h2-9,18H,10-11H2,1H3,(H,19,22)(H,20,21). The van der Waals surface area contributed by atoms with E-state index in [0.29, 0.717) is 12.2 Å². The summed E-state index contributed by atoms with van der Waals surface area (Å²) in [6.45, 7) is 1.99. The number of carbonyl (C=O) groups is 2. The van der Waals surface area contributed by atoms with Crippen molar-refractivity contribution in [3.05, 3.63) is 54.4 Å². The molecule has 3 N–H and O–H groups in total. The monoisotopic (exact) mass is 298 g/mol. The topological polar surface area (TPSA) is 83.1 Å². The molecule has 6 heteroatoms. The summed E-state index contributed by atoms with van der Waals surface area (Å²) in [5.74, 6) is -0.263. The van der Waals surface area contributed by atoms with Crippen LogP contribution in [0.5, 0.6) is 0 Å². The quantitative estimate of drug-likeness (QED) is 0.759. The Bertz CT molecular complexity index is 644. The molecule has 2 rings (SSSR count). The largest absolute Gasteiger partial charge is 0.376 e. The second-order valence-electron chi connectivity index (χ2n) is 4.71. The molecule has 0 radical (unpaired) electrons. The number of nitrogens with zero attached hydrogens (tertiary/aromatic N) is 1. The van der Waals surface area contributed by atoms with E-state index in [-0.39, 0.29) is 18.4 Å². The zero-order valence-corrected chi connectivity index (χ0v) is 12.3. The van der Waals surface area contributed by atoms with E-state index in [1.54, 1.807) is 24.4 Å². The number of hydrogen-bond acceptors (Lipinski definition) is 4. The van der Waals surface area contributed by atoms with Gasteiger partial charge in [0.1, 0.15) is 0 Å². The zero-order valence-electron chi connectivity index (χ0n) is 12.3. The molecule has 0 aliphatic rings. The van der Waals surface area contributed by atoms with Crippen molar-refractivity contribution in [1.82, 2.24) is 10.3 Å². The molecule has 0 unspecified atom stereocenters. The van der Waals surface area contributed by atoms with Crippen LogP contribution in [0.4, 0.5) is 11.4 Å². The molecule has 2 aromatic rings. The van der Waals surface area contributed by atoms with E-state index in [4.69, 9.17) is 0 Å². The molecule has 22 heavy (non-hydrogen) atoms. The average molecular weight is 298 g/mol. The fourth-order valence-corrected chi connectivity index (χ4v) is 1.85. The Kier molecular flexibility index (Phi) is 5.48. The summed E-state index contributed by atoms with van der Waals surface area (Å²) < 4.78 is 0. The van der Waals surface area contributed by atoms with Crippen molar-refractivity contribution in [1.29, 1.82) is 0 Å². The molecule has 0 spiro atoms. The van der Waals surface area contributed by atoms with Gasteiger partial charge in [-0.05, 0) is 30.3 Å². The summed E-state index contributed by atoms with van der Waals surface area (Å²) in [5, 5.41) is 8.48. The van der Waals surface area contributed by atoms with Gasteiger partial charge in [0, 0.05) is 24.5 Å². The van der Waals surface area contributed by atoms with E-state index in [2.05, 4.69) is 20.9 Å². The van der Waals surface area contributed by atoms with E-state index >= 15 is 0 Å². The van der Waals surface area contributed by atoms with Crippen LogP contribution in [0.2, 0.25) is 0 Å². The van der Waals surface area contributed by atoms with Crippen molar-refractivity contribution in [2.24, 2.45) is 0 Å². The second kappa shape index (κ2) is 7.78. The minimum absolute atomic E-state index is 0.129. The lowest BCUT2D eigenvalue weighted by atomic mass is 10.2. The first-order valence-electron chi connectivity index (χ1n) is 6.91. The van der Waals surface area contributed by atoms with E-state index in [1.807, 2.05) is 24.3 Å². The predicted molar refractivity (Wildman–Crippen MR) is 85.3 cm³/mol. The number of hydrogen-bond donors (Lipinski definition) is 3. The van der Waals surface area contributed by atoms with Crippen molar-refractivity contribution in [2.45, 2.75) is 13.5 Å². The van der Waals surface area contributed by atoms with E-state index in [9.17, 15) is 9.59 Å². The minimum Gasteiger partial charge on any atom is -0.376 e. The third-order valence-corrected chi connectivity index (χ3v) is 2.83. The number of aromatic nitrogens is 1. The third kappa shape index (κ3) is 5.24. The van der Waals surface area contributed by atoms with Crippen LogP contribution in [0.15, 0.2) is 48.7 Å². The first-order valence-corrected chi connectivity index (χ1v) is 6.91. The lowest BCUT2D eigenvalue weighted by Crippen LogP contribution is -2.29. The number of amides is 2. The van der Waals surface area contributed by atoms with Crippen LogP contribution in [-0.4, -0.2) is 23.3 Å². The molecule has 0 fully saturated rings. The van der Waals surface area contributed by atoms with Crippen LogP contribution in [-0.2, 0) is 16.1 Å². The van der Waals surface area contributed by atoms with Gasteiger partial charge in [0.15, 0.2) is 0 Å².